The van der Waals surface area contributed by atoms with Crippen LogP contribution < -0.4 is 11.1 Å². The van der Waals surface area contributed by atoms with Crippen LogP contribution in [0.15, 0.2) is 0 Å². The maximum Gasteiger partial charge on any atom is 0.311 e. The van der Waals surface area contributed by atoms with Crippen LogP contribution in [0.3, 0.4) is 0 Å². The standard InChI is InChI=1S/C10H20N2O3/c1-4-7(11)8(13)12-6-10(3,5-2)9(14)15/h7H,4-6,11H2,1-3H3,(H,12,13)(H,14,15)/t7-,10?/m0/s1. The summed E-state index contributed by atoms with van der Waals surface area (Å²) in [6.07, 6.45) is 1.01. The minimum atomic E-state index is -0.914. The Bertz CT molecular complexity index is 243. The highest BCUT2D eigenvalue weighted by molar-refractivity contribution is 5.82. The average Bonchev–Trinajstić information content (AvgIpc) is 2.23. The van der Waals surface area contributed by atoms with Crippen molar-refractivity contribution in [2.45, 2.75) is 39.7 Å². The summed E-state index contributed by atoms with van der Waals surface area (Å²) in [4.78, 5) is 22.3. The predicted molar refractivity (Wildman–Crippen MR) is 57.3 cm³/mol. The molecule has 0 saturated carbocycles. The Morgan fingerprint density at radius 2 is 2.00 bits per heavy atom. The molecule has 0 aliphatic rings. The first-order valence-corrected chi connectivity index (χ1v) is 5.14. The first-order chi connectivity index (χ1) is 6.87. The van der Waals surface area contributed by atoms with Gasteiger partial charge in [0.1, 0.15) is 0 Å². The number of nitrogens with one attached hydrogen (secondary N) is 1. The molecule has 0 aromatic carbocycles. The molecule has 2 atom stereocenters. The van der Waals surface area contributed by atoms with E-state index in [1.54, 1.807) is 20.8 Å². The van der Waals surface area contributed by atoms with Gasteiger partial charge in [-0.25, -0.2) is 0 Å². The van der Waals surface area contributed by atoms with Crippen LogP contribution >= 0.6 is 0 Å². The fourth-order valence-electron chi connectivity index (χ4n) is 0.951. The molecule has 1 amide bonds. The van der Waals surface area contributed by atoms with Crippen molar-refractivity contribution in [2.75, 3.05) is 6.54 Å². The molecule has 0 heterocycles. The largest absolute Gasteiger partial charge is 0.481 e. The molecule has 0 radical (unpaired) electrons. The van der Waals surface area contributed by atoms with Gasteiger partial charge in [-0.05, 0) is 19.8 Å². The molecule has 0 saturated heterocycles. The van der Waals surface area contributed by atoms with Crippen LogP contribution in [0.4, 0.5) is 0 Å². The highest BCUT2D eigenvalue weighted by Crippen LogP contribution is 2.19. The Morgan fingerprint density at radius 3 is 2.33 bits per heavy atom. The van der Waals surface area contributed by atoms with Crippen LogP contribution in [0.2, 0.25) is 0 Å². The number of aliphatic carboxylic acids is 1. The summed E-state index contributed by atoms with van der Waals surface area (Å²) in [6, 6.07) is -0.556. The first-order valence-electron chi connectivity index (χ1n) is 5.14. The summed E-state index contributed by atoms with van der Waals surface area (Å²) in [6.45, 7) is 5.30. The lowest BCUT2D eigenvalue weighted by atomic mass is 9.87. The van der Waals surface area contributed by atoms with E-state index in [0.29, 0.717) is 12.8 Å². The van der Waals surface area contributed by atoms with E-state index >= 15 is 0 Å². The number of hydrogen-bond donors (Lipinski definition) is 3. The maximum absolute atomic E-state index is 11.3. The molecule has 0 aromatic heterocycles. The maximum atomic E-state index is 11.3. The van der Waals surface area contributed by atoms with Crippen LogP contribution in [0.1, 0.15) is 33.6 Å². The Hall–Kier alpha value is -1.10. The molecule has 88 valence electrons. The highest BCUT2D eigenvalue weighted by Gasteiger charge is 2.31. The highest BCUT2D eigenvalue weighted by atomic mass is 16.4. The zero-order valence-corrected chi connectivity index (χ0v) is 9.54. The van der Waals surface area contributed by atoms with Gasteiger partial charge in [0.15, 0.2) is 0 Å². The van der Waals surface area contributed by atoms with Gasteiger partial charge in [-0.1, -0.05) is 13.8 Å². The Balaban J connectivity index is 4.24. The average molecular weight is 216 g/mol. The molecule has 0 bridgehead atoms. The van der Waals surface area contributed by atoms with Crippen molar-refractivity contribution < 1.29 is 14.7 Å². The number of carbonyl (C=O) groups is 2. The first kappa shape index (κ1) is 13.9. The second-order valence-corrected chi connectivity index (χ2v) is 3.95. The van der Waals surface area contributed by atoms with Crippen LogP contribution in [0, 0.1) is 5.41 Å². The van der Waals surface area contributed by atoms with Gasteiger partial charge in [-0.2, -0.15) is 0 Å². The third-order valence-electron chi connectivity index (χ3n) is 2.73. The van der Waals surface area contributed by atoms with Crippen LogP contribution in [-0.4, -0.2) is 29.6 Å². The van der Waals surface area contributed by atoms with E-state index in [-0.39, 0.29) is 12.5 Å². The molecule has 4 N–H and O–H groups in total. The molecular formula is C10H20N2O3. The molecular weight excluding hydrogens is 196 g/mol. The van der Waals surface area contributed by atoms with Gasteiger partial charge in [-0.3, -0.25) is 9.59 Å². The van der Waals surface area contributed by atoms with Gasteiger partial charge in [-0.15, -0.1) is 0 Å². The molecule has 1 unspecified atom stereocenters. The van der Waals surface area contributed by atoms with Crippen molar-refractivity contribution in [3.8, 4) is 0 Å². The molecule has 5 nitrogen and oxygen atoms in total. The molecule has 15 heavy (non-hydrogen) atoms. The van der Waals surface area contributed by atoms with E-state index in [0.717, 1.165) is 0 Å². The number of carboxylic acid groups (broad SMARTS) is 1. The topological polar surface area (TPSA) is 92.4 Å². The molecule has 0 fully saturated rings. The number of carbonyl (C=O) groups excluding carboxylic acids is 1. The lowest BCUT2D eigenvalue weighted by Gasteiger charge is -2.24. The second-order valence-electron chi connectivity index (χ2n) is 3.95. The third kappa shape index (κ3) is 3.87. The normalized spacial score (nSPS) is 16.5. The second kappa shape index (κ2) is 5.70. The fourth-order valence-corrected chi connectivity index (χ4v) is 0.951. The summed E-state index contributed by atoms with van der Waals surface area (Å²) in [5.41, 5.74) is 4.59. The third-order valence-corrected chi connectivity index (χ3v) is 2.73. The van der Waals surface area contributed by atoms with Crippen LogP contribution in [0.5, 0.6) is 0 Å². The zero-order chi connectivity index (χ0) is 12.1. The van der Waals surface area contributed by atoms with E-state index in [2.05, 4.69) is 5.32 Å². The quantitative estimate of drug-likeness (QED) is 0.597. The van der Waals surface area contributed by atoms with Crippen molar-refractivity contribution in [1.29, 1.82) is 0 Å². The van der Waals surface area contributed by atoms with Crippen molar-refractivity contribution in [2.24, 2.45) is 11.1 Å². The van der Waals surface area contributed by atoms with E-state index < -0.39 is 17.4 Å². The Labute approximate surface area is 90.0 Å². The summed E-state index contributed by atoms with van der Waals surface area (Å²) in [5, 5.41) is 11.5. The number of nitrogens with two attached hydrogens (primary N) is 1. The van der Waals surface area contributed by atoms with Crippen LogP contribution in [0.25, 0.3) is 0 Å². The number of rotatable bonds is 6. The van der Waals surface area contributed by atoms with Gasteiger partial charge in [0, 0.05) is 6.54 Å². The van der Waals surface area contributed by atoms with E-state index in [9.17, 15) is 9.59 Å². The molecule has 5 heteroatoms. The van der Waals surface area contributed by atoms with E-state index in [4.69, 9.17) is 10.8 Å². The summed E-state index contributed by atoms with van der Waals surface area (Å²) < 4.78 is 0. The summed E-state index contributed by atoms with van der Waals surface area (Å²) in [5.74, 6) is -1.20. The van der Waals surface area contributed by atoms with Crippen LogP contribution in [-0.2, 0) is 9.59 Å². The van der Waals surface area contributed by atoms with Gasteiger partial charge >= 0.3 is 5.97 Å². The number of hydrogen-bond acceptors (Lipinski definition) is 3. The molecule has 0 aliphatic carbocycles. The SMILES string of the molecule is CC[C@H](N)C(=O)NCC(C)(CC)C(=O)O. The molecule has 0 spiro atoms. The predicted octanol–water partition coefficient (Wildman–Crippen LogP) is 0.341. The smallest absolute Gasteiger partial charge is 0.311 e. The Kier molecular flexibility index (Phi) is 5.28. The molecule has 0 rings (SSSR count). The zero-order valence-electron chi connectivity index (χ0n) is 9.54. The minimum Gasteiger partial charge on any atom is -0.481 e. The minimum absolute atomic E-state index is 0.116. The van der Waals surface area contributed by atoms with Gasteiger partial charge in [0.05, 0.1) is 11.5 Å². The van der Waals surface area contributed by atoms with E-state index in [1.807, 2.05) is 0 Å². The van der Waals surface area contributed by atoms with E-state index in [1.165, 1.54) is 0 Å². The molecule has 0 aromatic rings. The van der Waals surface area contributed by atoms with Crippen molar-refractivity contribution in [3.05, 3.63) is 0 Å². The van der Waals surface area contributed by atoms with Gasteiger partial charge in [0.2, 0.25) is 5.91 Å². The lowest BCUT2D eigenvalue weighted by Crippen LogP contribution is -2.46. The lowest BCUT2D eigenvalue weighted by molar-refractivity contribution is -0.148. The number of amides is 1. The van der Waals surface area contributed by atoms with Crippen molar-refractivity contribution in [3.63, 3.8) is 0 Å². The molecule has 0 aliphatic heterocycles. The number of carboxylic acids is 1. The summed E-state index contributed by atoms with van der Waals surface area (Å²) >= 11 is 0. The van der Waals surface area contributed by atoms with Crippen molar-refractivity contribution >= 4 is 11.9 Å². The van der Waals surface area contributed by atoms with Crippen molar-refractivity contribution in [1.82, 2.24) is 5.32 Å². The van der Waals surface area contributed by atoms with Gasteiger partial charge in [0.25, 0.3) is 0 Å². The summed E-state index contributed by atoms with van der Waals surface area (Å²) in [7, 11) is 0. The van der Waals surface area contributed by atoms with Gasteiger partial charge < -0.3 is 16.2 Å². The Morgan fingerprint density at radius 1 is 1.47 bits per heavy atom. The fraction of sp³-hybridized carbons (Fsp3) is 0.800. The monoisotopic (exact) mass is 216 g/mol.